The maximum atomic E-state index is 3.57. The number of nitrogens with zero attached hydrogens (tertiary/aromatic N) is 1. The molecule has 0 bridgehead atoms. The number of nitrogens with one attached hydrogen (secondary N) is 1. The molecule has 0 saturated heterocycles. The summed E-state index contributed by atoms with van der Waals surface area (Å²) in [5.74, 6) is 0.640. The quantitative estimate of drug-likeness (QED) is 0.853. The fraction of sp³-hybridized carbons (Fsp3) is 0.600. The van der Waals surface area contributed by atoms with Crippen LogP contribution >= 0.6 is 15.9 Å². The Kier molecular flexibility index (Phi) is 6.16. The van der Waals surface area contributed by atoms with E-state index in [1.807, 2.05) is 0 Å². The van der Waals surface area contributed by atoms with Gasteiger partial charge in [-0.15, -0.1) is 0 Å². The second kappa shape index (κ2) is 7.15. The zero-order chi connectivity index (χ0) is 13.7. The highest BCUT2D eigenvalue weighted by Gasteiger charge is 2.16. The topological polar surface area (TPSA) is 15.3 Å². The molecule has 0 spiro atoms. The van der Waals surface area contributed by atoms with E-state index in [1.165, 1.54) is 11.3 Å². The Labute approximate surface area is 120 Å². The van der Waals surface area contributed by atoms with Gasteiger partial charge in [0.15, 0.2) is 0 Å². The zero-order valence-electron chi connectivity index (χ0n) is 12.1. The van der Waals surface area contributed by atoms with Crippen LogP contribution in [0.1, 0.15) is 33.3 Å². The van der Waals surface area contributed by atoms with Crippen LogP contribution in [0.4, 0.5) is 5.69 Å². The van der Waals surface area contributed by atoms with Crippen LogP contribution in [0.15, 0.2) is 22.7 Å². The predicted molar refractivity (Wildman–Crippen MR) is 84.2 cm³/mol. The van der Waals surface area contributed by atoms with Crippen LogP contribution in [0.3, 0.4) is 0 Å². The molecule has 102 valence electrons. The average molecular weight is 313 g/mol. The number of hydrogen-bond acceptors (Lipinski definition) is 2. The van der Waals surface area contributed by atoms with Crippen LogP contribution in [-0.4, -0.2) is 19.6 Å². The van der Waals surface area contributed by atoms with Crippen molar-refractivity contribution in [2.75, 3.05) is 18.5 Å². The molecular weight excluding hydrogens is 288 g/mol. The van der Waals surface area contributed by atoms with E-state index in [2.05, 4.69) is 79.1 Å². The van der Waals surface area contributed by atoms with Crippen molar-refractivity contribution in [1.82, 2.24) is 5.32 Å². The lowest BCUT2D eigenvalue weighted by Crippen LogP contribution is -2.34. The second-order valence-electron chi connectivity index (χ2n) is 5.15. The van der Waals surface area contributed by atoms with Crippen LogP contribution in [0.2, 0.25) is 0 Å². The number of hydrogen-bond donors (Lipinski definition) is 1. The normalized spacial score (nSPS) is 12.8. The molecule has 0 aliphatic rings. The fourth-order valence-corrected chi connectivity index (χ4v) is 2.29. The lowest BCUT2D eigenvalue weighted by molar-refractivity contribution is 0.504. The van der Waals surface area contributed by atoms with Crippen LogP contribution in [0.5, 0.6) is 0 Å². The fourth-order valence-electron chi connectivity index (χ4n) is 1.94. The Balaban J connectivity index is 3.00. The maximum absolute atomic E-state index is 3.57. The molecule has 1 unspecified atom stereocenters. The summed E-state index contributed by atoms with van der Waals surface area (Å²) >= 11 is 3.57. The highest BCUT2D eigenvalue weighted by Crippen LogP contribution is 2.27. The third kappa shape index (κ3) is 3.99. The summed E-state index contributed by atoms with van der Waals surface area (Å²) in [6.07, 6.45) is 0. The van der Waals surface area contributed by atoms with Crippen molar-refractivity contribution in [3.63, 3.8) is 0 Å². The van der Waals surface area contributed by atoms with Gasteiger partial charge >= 0.3 is 0 Å². The number of rotatable bonds is 6. The minimum Gasteiger partial charge on any atom is -0.371 e. The van der Waals surface area contributed by atoms with Crippen molar-refractivity contribution < 1.29 is 0 Å². The summed E-state index contributed by atoms with van der Waals surface area (Å²) < 4.78 is 1.14. The average Bonchev–Trinajstić information content (AvgIpc) is 2.35. The van der Waals surface area contributed by atoms with E-state index in [1.54, 1.807) is 0 Å². The van der Waals surface area contributed by atoms with Crippen molar-refractivity contribution >= 4 is 21.6 Å². The predicted octanol–water partition coefficient (Wildman–Crippen LogP) is 4.04. The third-order valence-corrected chi connectivity index (χ3v) is 4.06. The summed E-state index contributed by atoms with van der Waals surface area (Å²) in [7, 11) is 2.18. The van der Waals surface area contributed by atoms with Gasteiger partial charge in [-0.25, -0.2) is 0 Å². The van der Waals surface area contributed by atoms with Gasteiger partial charge in [-0.3, -0.25) is 0 Å². The summed E-state index contributed by atoms with van der Waals surface area (Å²) in [4.78, 5) is 2.38. The lowest BCUT2D eigenvalue weighted by atomic mass is 10.0. The molecule has 1 atom stereocenters. The first-order chi connectivity index (χ1) is 8.47. The van der Waals surface area contributed by atoms with Crippen molar-refractivity contribution in [2.24, 2.45) is 5.92 Å². The Bertz CT molecular complexity index is 377. The Hall–Kier alpha value is -0.540. The van der Waals surface area contributed by atoms with Crippen LogP contribution < -0.4 is 10.2 Å². The van der Waals surface area contributed by atoms with Gasteiger partial charge in [-0.2, -0.15) is 0 Å². The van der Waals surface area contributed by atoms with Gasteiger partial charge in [0.25, 0.3) is 0 Å². The van der Waals surface area contributed by atoms with Crippen LogP contribution in [-0.2, 0) is 6.54 Å². The highest BCUT2D eigenvalue weighted by molar-refractivity contribution is 9.10. The SMILES string of the molecule is CCNCc1ccc(Br)cc1N(C)C(C)C(C)C. The van der Waals surface area contributed by atoms with Crippen molar-refractivity contribution in [2.45, 2.75) is 40.3 Å². The number of benzene rings is 1. The van der Waals surface area contributed by atoms with Gasteiger partial charge in [0, 0.05) is 29.8 Å². The van der Waals surface area contributed by atoms with E-state index >= 15 is 0 Å². The third-order valence-electron chi connectivity index (χ3n) is 3.57. The van der Waals surface area contributed by atoms with Crippen LogP contribution in [0.25, 0.3) is 0 Å². The van der Waals surface area contributed by atoms with E-state index < -0.39 is 0 Å². The standard InChI is InChI=1S/C15H25BrN2/c1-6-17-10-13-7-8-14(16)9-15(13)18(5)12(4)11(2)3/h7-9,11-12,17H,6,10H2,1-5H3. The molecule has 3 heteroatoms. The molecule has 1 aromatic carbocycles. The molecule has 0 aromatic heterocycles. The van der Waals surface area contributed by atoms with Gasteiger partial charge in [0.05, 0.1) is 0 Å². The number of anilines is 1. The summed E-state index contributed by atoms with van der Waals surface area (Å²) in [5, 5.41) is 3.41. The molecule has 0 heterocycles. The molecular formula is C15H25BrN2. The molecule has 1 N–H and O–H groups in total. The molecule has 0 radical (unpaired) electrons. The maximum Gasteiger partial charge on any atom is 0.0423 e. The zero-order valence-corrected chi connectivity index (χ0v) is 13.7. The van der Waals surface area contributed by atoms with Gasteiger partial charge in [0.2, 0.25) is 0 Å². The first-order valence-corrected chi connectivity index (χ1v) is 7.48. The largest absolute Gasteiger partial charge is 0.371 e. The van der Waals surface area contributed by atoms with Gasteiger partial charge in [-0.05, 0) is 37.1 Å². The molecule has 1 rings (SSSR count). The molecule has 2 nitrogen and oxygen atoms in total. The Morgan fingerprint density at radius 2 is 1.94 bits per heavy atom. The van der Waals surface area contributed by atoms with Gasteiger partial charge < -0.3 is 10.2 Å². The first-order valence-electron chi connectivity index (χ1n) is 6.69. The van der Waals surface area contributed by atoms with Gasteiger partial charge in [-0.1, -0.05) is 42.8 Å². The Morgan fingerprint density at radius 1 is 1.28 bits per heavy atom. The lowest BCUT2D eigenvalue weighted by Gasteiger charge is -2.32. The van der Waals surface area contributed by atoms with Crippen molar-refractivity contribution in [3.8, 4) is 0 Å². The Morgan fingerprint density at radius 3 is 2.50 bits per heavy atom. The van der Waals surface area contributed by atoms with E-state index in [0.29, 0.717) is 12.0 Å². The second-order valence-corrected chi connectivity index (χ2v) is 6.06. The minimum atomic E-state index is 0.527. The molecule has 1 aromatic rings. The molecule has 0 aliphatic heterocycles. The molecule has 0 fully saturated rings. The monoisotopic (exact) mass is 312 g/mol. The summed E-state index contributed by atoms with van der Waals surface area (Å²) in [6, 6.07) is 7.06. The van der Waals surface area contributed by atoms with Gasteiger partial charge in [0.1, 0.15) is 0 Å². The summed E-state index contributed by atoms with van der Waals surface area (Å²) in [5.41, 5.74) is 2.67. The number of halogens is 1. The highest BCUT2D eigenvalue weighted by atomic mass is 79.9. The van der Waals surface area contributed by atoms with E-state index in [-0.39, 0.29) is 0 Å². The summed E-state index contributed by atoms with van der Waals surface area (Å²) in [6.45, 7) is 10.9. The van der Waals surface area contributed by atoms with Crippen LogP contribution in [0, 0.1) is 5.92 Å². The van der Waals surface area contributed by atoms with Crippen molar-refractivity contribution in [3.05, 3.63) is 28.2 Å². The first kappa shape index (κ1) is 15.5. The van der Waals surface area contributed by atoms with E-state index in [9.17, 15) is 0 Å². The van der Waals surface area contributed by atoms with Crippen molar-refractivity contribution in [1.29, 1.82) is 0 Å². The van der Waals surface area contributed by atoms with E-state index in [4.69, 9.17) is 0 Å². The van der Waals surface area contributed by atoms with E-state index in [0.717, 1.165) is 17.6 Å². The molecule has 0 saturated carbocycles. The molecule has 18 heavy (non-hydrogen) atoms. The molecule has 0 aliphatic carbocycles. The smallest absolute Gasteiger partial charge is 0.0423 e. The minimum absolute atomic E-state index is 0.527. The molecule has 0 amide bonds.